The van der Waals surface area contributed by atoms with Gasteiger partial charge in [0, 0.05) is 28.7 Å². The highest BCUT2D eigenvalue weighted by atomic mass is 32.1. The number of benzene rings is 2. The second-order valence-corrected chi connectivity index (χ2v) is 11.6. The molecule has 7 heteroatoms. The molecule has 0 bridgehead atoms. The summed E-state index contributed by atoms with van der Waals surface area (Å²) in [6, 6.07) is 14.0. The van der Waals surface area contributed by atoms with Crippen molar-refractivity contribution >= 4 is 34.3 Å². The van der Waals surface area contributed by atoms with Crippen LogP contribution >= 0.6 is 11.3 Å². The lowest BCUT2D eigenvalue weighted by molar-refractivity contribution is -0.136. The molecule has 1 atom stereocenters. The van der Waals surface area contributed by atoms with Gasteiger partial charge < -0.3 is 9.30 Å². The van der Waals surface area contributed by atoms with Crippen LogP contribution in [0.4, 0.5) is 0 Å². The first-order chi connectivity index (χ1) is 18.7. The predicted molar refractivity (Wildman–Crippen MR) is 158 cm³/mol. The van der Waals surface area contributed by atoms with Crippen molar-refractivity contribution in [1.29, 1.82) is 0 Å². The van der Waals surface area contributed by atoms with E-state index in [1.807, 2.05) is 25.1 Å². The number of fused-ring (bicyclic) bond motifs is 2. The molecule has 6 nitrogen and oxygen atoms in total. The van der Waals surface area contributed by atoms with Gasteiger partial charge in [-0.25, -0.2) is 9.79 Å². The summed E-state index contributed by atoms with van der Waals surface area (Å²) >= 11 is 1.37. The molecule has 4 aromatic rings. The molecule has 0 fully saturated rings. The number of carbonyl (C=O) groups is 1. The number of nitrogens with zero attached hydrogens (tertiary/aromatic N) is 3. The maximum Gasteiger partial charge on any atom is 0.338 e. The van der Waals surface area contributed by atoms with Crippen molar-refractivity contribution < 1.29 is 9.53 Å². The minimum absolute atomic E-state index is 0.158. The predicted octanol–water partition coefficient (Wildman–Crippen LogP) is 5.51. The Bertz CT molecular complexity index is 1800. The number of rotatable bonds is 6. The van der Waals surface area contributed by atoms with Crippen molar-refractivity contribution in [1.82, 2.24) is 9.13 Å². The van der Waals surface area contributed by atoms with E-state index in [0.717, 1.165) is 35.2 Å². The monoisotopic (exact) mass is 541 g/mol. The van der Waals surface area contributed by atoms with Gasteiger partial charge in [0.1, 0.15) is 0 Å². The van der Waals surface area contributed by atoms with Crippen LogP contribution < -0.4 is 14.9 Å². The van der Waals surface area contributed by atoms with Gasteiger partial charge in [-0.1, -0.05) is 68.0 Å². The Hall–Kier alpha value is -3.71. The van der Waals surface area contributed by atoms with Crippen LogP contribution in [0.2, 0.25) is 0 Å². The molecule has 2 aromatic heterocycles. The third-order valence-electron chi connectivity index (χ3n) is 7.60. The van der Waals surface area contributed by atoms with Gasteiger partial charge in [-0.05, 0) is 62.4 Å². The molecular formula is C32H35N3O3S. The average Bonchev–Trinajstić information content (AvgIpc) is 3.35. The summed E-state index contributed by atoms with van der Waals surface area (Å²) in [4.78, 5) is 32.4. The lowest BCUT2D eigenvalue weighted by atomic mass is 9.93. The molecule has 202 valence electrons. The normalized spacial score (nSPS) is 15.7. The molecule has 0 saturated heterocycles. The van der Waals surface area contributed by atoms with Crippen molar-refractivity contribution in [2.75, 3.05) is 7.11 Å². The molecule has 1 aliphatic heterocycles. The van der Waals surface area contributed by atoms with Crippen LogP contribution in [0.25, 0.3) is 17.0 Å². The molecule has 5 rings (SSSR count). The smallest absolute Gasteiger partial charge is 0.338 e. The summed E-state index contributed by atoms with van der Waals surface area (Å²) in [5.41, 5.74) is 7.38. The fraction of sp³-hybridized carbons (Fsp3) is 0.344. The van der Waals surface area contributed by atoms with E-state index < -0.39 is 12.0 Å². The number of ether oxygens (including phenoxy) is 1. The number of hydrogen-bond donors (Lipinski definition) is 0. The maximum absolute atomic E-state index is 14.1. The highest BCUT2D eigenvalue weighted by molar-refractivity contribution is 7.07. The van der Waals surface area contributed by atoms with Crippen molar-refractivity contribution in [2.24, 2.45) is 4.99 Å². The number of hydrogen-bond acceptors (Lipinski definition) is 5. The van der Waals surface area contributed by atoms with Crippen LogP contribution in [0.1, 0.15) is 74.0 Å². The van der Waals surface area contributed by atoms with E-state index in [1.54, 1.807) is 4.57 Å². The summed E-state index contributed by atoms with van der Waals surface area (Å²) < 4.78 is 9.74. The lowest BCUT2D eigenvalue weighted by Gasteiger charge is -2.24. The number of aromatic nitrogens is 2. The van der Waals surface area contributed by atoms with Crippen molar-refractivity contribution in [3.63, 3.8) is 0 Å². The second kappa shape index (κ2) is 10.5. The molecule has 0 radical (unpaired) electrons. The minimum atomic E-state index is -0.609. The quantitative estimate of drug-likeness (QED) is 0.302. The topological polar surface area (TPSA) is 65.6 Å². The molecular weight excluding hydrogens is 506 g/mol. The molecule has 0 N–H and O–H groups in total. The van der Waals surface area contributed by atoms with Gasteiger partial charge in [0.15, 0.2) is 4.80 Å². The van der Waals surface area contributed by atoms with E-state index in [1.165, 1.54) is 35.1 Å². The molecule has 3 heterocycles. The summed E-state index contributed by atoms with van der Waals surface area (Å²) in [5.74, 6) is -0.0995. The number of thiazole rings is 1. The Morgan fingerprint density at radius 2 is 1.85 bits per heavy atom. The average molecular weight is 542 g/mol. The van der Waals surface area contributed by atoms with Crippen LogP contribution in [0.5, 0.6) is 0 Å². The highest BCUT2D eigenvalue weighted by Crippen LogP contribution is 2.32. The first-order valence-corrected chi connectivity index (χ1v) is 14.3. The standard InChI is InChI=1S/C32H35N3O3S/c1-8-15-34-21(6)24(25-16-19(4)9-14-26(25)34)17-27-30(36)35-29(23-12-10-22(11-13-23)18(2)3)28(31(37)38-7)20(5)33-32(35)39-27/h9-14,16-18,29H,8,15H2,1-7H3/b27-17-/t29-/m0/s1. The van der Waals surface area contributed by atoms with Gasteiger partial charge in [-0.2, -0.15) is 0 Å². The number of allylic oxidation sites excluding steroid dienone is 1. The van der Waals surface area contributed by atoms with Crippen LogP contribution in [0.3, 0.4) is 0 Å². The zero-order valence-electron chi connectivity index (χ0n) is 23.7. The Labute approximate surface area is 232 Å². The Morgan fingerprint density at radius 1 is 1.13 bits per heavy atom. The third kappa shape index (κ3) is 4.59. The molecule has 0 saturated carbocycles. The number of methoxy groups -OCH3 is 1. The minimum Gasteiger partial charge on any atom is -0.466 e. The Kier molecular flexibility index (Phi) is 7.21. The van der Waals surface area contributed by atoms with E-state index in [0.29, 0.717) is 26.5 Å². The second-order valence-electron chi connectivity index (χ2n) is 10.6. The van der Waals surface area contributed by atoms with Crippen molar-refractivity contribution in [2.45, 2.75) is 66.5 Å². The van der Waals surface area contributed by atoms with Gasteiger partial charge in [-0.15, -0.1) is 0 Å². The maximum atomic E-state index is 14.1. The first-order valence-electron chi connectivity index (χ1n) is 13.5. The van der Waals surface area contributed by atoms with E-state index in [9.17, 15) is 9.59 Å². The number of esters is 1. The van der Waals surface area contributed by atoms with Gasteiger partial charge in [0.2, 0.25) is 0 Å². The zero-order chi connectivity index (χ0) is 28.0. The number of aryl methyl sites for hydroxylation is 2. The van der Waals surface area contributed by atoms with Gasteiger partial charge in [0.05, 0.1) is 29.0 Å². The number of carbonyl (C=O) groups excluding carboxylic acids is 1. The van der Waals surface area contributed by atoms with Crippen molar-refractivity contribution in [3.05, 3.63) is 101 Å². The van der Waals surface area contributed by atoms with E-state index >= 15 is 0 Å². The molecule has 1 aliphatic rings. The first kappa shape index (κ1) is 26.9. The largest absolute Gasteiger partial charge is 0.466 e. The molecule has 0 aliphatic carbocycles. The summed E-state index contributed by atoms with van der Waals surface area (Å²) in [7, 11) is 1.36. The summed E-state index contributed by atoms with van der Waals surface area (Å²) in [5, 5.41) is 1.14. The lowest BCUT2D eigenvalue weighted by Crippen LogP contribution is -2.39. The SMILES string of the molecule is CCCn1c(C)c(/C=c2\sc3n(c2=O)[C@@H](c2ccc(C(C)C)cc2)C(C(=O)OC)=C(C)N=3)c2cc(C)ccc21. The molecule has 39 heavy (non-hydrogen) atoms. The summed E-state index contributed by atoms with van der Waals surface area (Å²) in [6.07, 6.45) is 3.02. The fourth-order valence-corrected chi connectivity index (χ4v) is 6.55. The fourth-order valence-electron chi connectivity index (χ4n) is 5.52. The molecule has 0 unspecified atom stereocenters. The van der Waals surface area contributed by atoms with Gasteiger partial charge >= 0.3 is 5.97 Å². The zero-order valence-corrected chi connectivity index (χ0v) is 24.5. The van der Waals surface area contributed by atoms with Gasteiger partial charge in [0.25, 0.3) is 5.56 Å². The summed E-state index contributed by atoms with van der Waals surface area (Å²) in [6.45, 7) is 13.4. The molecule has 0 spiro atoms. The Morgan fingerprint density at radius 3 is 2.49 bits per heavy atom. The van der Waals surface area contributed by atoms with E-state index in [4.69, 9.17) is 9.73 Å². The Balaban J connectivity index is 1.76. The van der Waals surface area contributed by atoms with Crippen LogP contribution in [0.15, 0.2) is 63.5 Å². The van der Waals surface area contributed by atoms with Gasteiger partial charge in [-0.3, -0.25) is 9.36 Å². The van der Waals surface area contributed by atoms with Crippen LogP contribution in [0, 0.1) is 13.8 Å². The molecule has 2 aromatic carbocycles. The third-order valence-corrected chi connectivity index (χ3v) is 8.58. The van der Waals surface area contributed by atoms with Crippen LogP contribution in [-0.4, -0.2) is 22.2 Å². The highest BCUT2D eigenvalue weighted by Gasteiger charge is 2.33. The van der Waals surface area contributed by atoms with Crippen molar-refractivity contribution in [3.8, 4) is 0 Å². The van der Waals surface area contributed by atoms with E-state index in [-0.39, 0.29) is 5.56 Å². The van der Waals surface area contributed by atoms with E-state index in [2.05, 4.69) is 69.5 Å². The van der Waals surface area contributed by atoms with Crippen LogP contribution in [-0.2, 0) is 16.1 Å². The molecule has 0 amide bonds.